The molecule has 0 spiro atoms. The summed E-state index contributed by atoms with van der Waals surface area (Å²) in [5.41, 5.74) is 2.21. The second-order valence-electron chi connectivity index (χ2n) is 5.29. The van der Waals surface area contributed by atoms with Crippen molar-refractivity contribution < 1.29 is 4.74 Å². The Balaban J connectivity index is 1.82. The van der Waals surface area contributed by atoms with Crippen LogP contribution in [0.5, 0.6) is 11.5 Å². The largest absolute Gasteiger partial charge is 0.457 e. The van der Waals surface area contributed by atoms with Crippen LogP contribution in [-0.2, 0) is 6.54 Å². The van der Waals surface area contributed by atoms with Crippen LogP contribution in [0, 0.1) is 6.92 Å². The summed E-state index contributed by atoms with van der Waals surface area (Å²) in [6, 6.07) is 14.5. The highest BCUT2D eigenvalue weighted by atomic mass is 35.5. The van der Waals surface area contributed by atoms with Gasteiger partial charge in [0.05, 0.1) is 0 Å². The molecule has 0 saturated heterocycles. The van der Waals surface area contributed by atoms with Crippen LogP contribution < -0.4 is 10.1 Å². The van der Waals surface area contributed by atoms with Crippen LogP contribution in [0.4, 0.5) is 0 Å². The third-order valence-electron chi connectivity index (χ3n) is 3.44. The summed E-state index contributed by atoms with van der Waals surface area (Å²) < 4.78 is 6.00. The zero-order valence-corrected chi connectivity index (χ0v) is 12.3. The average molecular weight is 288 g/mol. The molecule has 0 radical (unpaired) electrons. The van der Waals surface area contributed by atoms with Gasteiger partial charge in [0, 0.05) is 23.2 Å². The SMILES string of the molecule is Cc1cccc(Oc2cccc(Cl)c2CNC2CC2)c1. The highest BCUT2D eigenvalue weighted by molar-refractivity contribution is 6.31. The van der Waals surface area contributed by atoms with Gasteiger partial charge in [-0.1, -0.05) is 29.8 Å². The first kappa shape index (κ1) is 13.5. The van der Waals surface area contributed by atoms with Crippen LogP contribution in [0.3, 0.4) is 0 Å². The molecule has 104 valence electrons. The molecule has 1 aliphatic carbocycles. The van der Waals surface area contributed by atoms with Crippen molar-refractivity contribution in [3.8, 4) is 11.5 Å². The molecule has 0 amide bonds. The maximum Gasteiger partial charge on any atom is 0.133 e. The number of nitrogens with one attached hydrogen (secondary N) is 1. The summed E-state index contributed by atoms with van der Waals surface area (Å²) in [7, 11) is 0. The van der Waals surface area contributed by atoms with Crippen LogP contribution in [0.15, 0.2) is 42.5 Å². The first-order valence-corrected chi connectivity index (χ1v) is 7.35. The van der Waals surface area contributed by atoms with E-state index < -0.39 is 0 Å². The maximum atomic E-state index is 6.31. The van der Waals surface area contributed by atoms with Gasteiger partial charge in [-0.25, -0.2) is 0 Å². The molecular weight excluding hydrogens is 270 g/mol. The van der Waals surface area contributed by atoms with Crippen LogP contribution in [0.2, 0.25) is 5.02 Å². The summed E-state index contributed by atoms with van der Waals surface area (Å²) in [5.74, 6) is 1.68. The summed E-state index contributed by atoms with van der Waals surface area (Å²) in [4.78, 5) is 0. The maximum absolute atomic E-state index is 6.31. The molecule has 0 atom stereocenters. The Morgan fingerprint density at radius 3 is 2.75 bits per heavy atom. The number of aryl methyl sites for hydroxylation is 1. The molecule has 0 heterocycles. The molecule has 2 aromatic carbocycles. The van der Waals surface area contributed by atoms with Crippen molar-refractivity contribution in [3.63, 3.8) is 0 Å². The molecule has 0 aromatic heterocycles. The van der Waals surface area contributed by atoms with Crippen molar-refractivity contribution in [1.29, 1.82) is 0 Å². The predicted octanol–water partition coefficient (Wildman–Crippen LogP) is 4.69. The molecule has 20 heavy (non-hydrogen) atoms. The number of halogens is 1. The number of hydrogen-bond donors (Lipinski definition) is 1. The van der Waals surface area contributed by atoms with Crippen molar-refractivity contribution in [1.82, 2.24) is 5.32 Å². The van der Waals surface area contributed by atoms with Gasteiger partial charge in [0.15, 0.2) is 0 Å². The second-order valence-corrected chi connectivity index (χ2v) is 5.70. The van der Waals surface area contributed by atoms with Crippen molar-refractivity contribution >= 4 is 11.6 Å². The standard InChI is InChI=1S/C17H18ClNO/c1-12-4-2-5-14(10-12)20-17-7-3-6-16(18)15(17)11-19-13-8-9-13/h2-7,10,13,19H,8-9,11H2,1H3. The number of benzene rings is 2. The van der Waals surface area contributed by atoms with Gasteiger partial charge < -0.3 is 10.1 Å². The fourth-order valence-corrected chi connectivity index (χ4v) is 2.38. The second kappa shape index (κ2) is 5.86. The first-order chi connectivity index (χ1) is 9.72. The van der Waals surface area contributed by atoms with E-state index in [2.05, 4.69) is 18.3 Å². The van der Waals surface area contributed by atoms with Gasteiger partial charge in [-0.05, 0) is 49.6 Å². The highest BCUT2D eigenvalue weighted by Crippen LogP contribution is 2.31. The van der Waals surface area contributed by atoms with Gasteiger partial charge in [-0.15, -0.1) is 0 Å². The molecule has 1 aliphatic rings. The molecule has 1 saturated carbocycles. The smallest absolute Gasteiger partial charge is 0.133 e. The van der Waals surface area contributed by atoms with E-state index in [0.717, 1.165) is 28.6 Å². The van der Waals surface area contributed by atoms with E-state index in [1.165, 1.54) is 18.4 Å². The minimum Gasteiger partial charge on any atom is -0.457 e. The molecule has 0 bridgehead atoms. The Kier molecular flexibility index (Phi) is 3.95. The van der Waals surface area contributed by atoms with E-state index >= 15 is 0 Å². The molecule has 2 aromatic rings. The normalized spacial score (nSPS) is 14.3. The van der Waals surface area contributed by atoms with Crippen LogP contribution in [-0.4, -0.2) is 6.04 Å². The molecule has 1 fully saturated rings. The Labute approximate surface area is 124 Å². The molecule has 3 heteroatoms. The summed E-state index contributed by atoms with van der Waals surface area (Å²) in [6.07, 6.45) is 2.52. The van der Waals surface area contributed by atoms with E-state index in [-0.39, 0.29) is 0 Å². The van der Waals surface area contributed by atoms with Gasteiger partial charge in [0.1, 0.15) is 11.5 Å². The van der Waals surface area contributed by atoms with Crippen LogP contribution >= 0.6 is 11.6 Å². The van der Waals surface area contributed by atoms with Crippen molar-refractivity contribution in [2.45, 2.75) is 32.4 Å². The van der Waals surface area contributed by atoms with E-state index in [4.69, 9.17) is 16.3 Å². The first-order valence-electron chi connectivity index (χ1n) is 6.97. The number of rotatable bonds is 5. The van der Waals surface area contributed by atoms with Crippen LogP contribution in [0.25, 0.3) is 0 Å². The quantitative estimate of drug-likeness (QED) is 0.861. The van der Waals surface area contributed by atoms with E-state index in [1.807, 2.05) is 36.4 Å². The van der Waals surface area contributed by atoms with Gasteiger partial charge in [0.25, 0.3) is 0 Å². The minimum atomic E-state index is 0.651. The molecule has 0 unspecified atom stereocenters. The van der Waals surface area contributed by atoms with Crippen molar-refractivity contribution in [3.05, 3.63) is 58.6 Å². The van der Waals surface area contributed by atoms with Gasteiger partial charge in [-0.3, -0.25) is 0 Å². The van der Waals surface area contributed by atoms with Gasteiger partial charge in [0.2, 0.25) is 0 Å². The van der Waals surface area contributed by atoms with Gasteiger partial charge >= 0.3 is 0 Å². The zero-order valence-electron chi connectivity index (χ0n) is 11.5. The Bertz CT molecular complexity index is 608. The fraction of sp³-hybridized carbons (Fsp3) is 0.294. The minimum absolute atomic E-state index is 0.651. The van der Waals surface area contributed by atoms with E-state index in [0.29, 0.717) is 6.04 Å². The van der Waals surface area contributed by atoms with Gasteiger partial charge in [-0.2, -0.15) is 0 Å². The van der Waals surface area contributed by atoms with E-state index in [9.17, 15) is 0 Å². The summed E-state index contributed by atoms with van der Waals surface area (Å²) >= 11 is 6.31. The lowest BCUT2D eigenvalue weighted by Gasteiger charge is -2.13. The Hall–Kier alpha value is -1.51. The van der Waals surface area contributed by atoms with Crippen LogP contribution in [0.1, 0.15) is 24.0 Å². The number of hydrogen-bond acceptors (Lipinski definition) is 2. The highest BCUT2D eigenvalue weighted by Gasteiger charge is 2.21. The fourth-order valence-electron chi connectivity index (χ4n) is 2.15. The molecule has 1 N–H and O–H groups in total. The lowest BCUT2D eigenvalue weighted by atomic mass is 10.2. The topological polar surface area (TPSA) is 21.3 Å². The summed E-state index contributed by atoms with van der Waals surface area (Å²) in [6.45, 7) is 2.81. The lowest BCUT2D eigenvalue weighted by molar-refractivity contribution is 0.472. The monoisotopic (exact) mass is 287 g/mol. The predicted molar refractivity (Wildman–Crippen MR) is 82.6 cm³/mol. The zero-order chi connectivity index (χ0) is 13.9. The molecule has 3 rings (SSSR count). The third-order valence-corrected chi connectivity index (χ3v) is 3.79. The Morgan fingerprint density at radius 1 is 1.20 bits per heavy atom. The molecule has 0 aliphatic heterocycles. The lowest BCUT2D eigenvalue weighted by Crippen LogP contribution is -2.16. The summed E-state index contributed by atoms with van der Waals surface area (Å²) in [5, 5.41) is 4.24. The van der Waals surface area contributed by atoms with E-state index in [1.54, 1.807) is 0 Å². The van der Waals surface area contributed by atoms with Crippen molar-refractivity contribution in [2.24, 2.45) is 0 Å². The average Bonchev–Trinajstić information content (AvgIpc) is 3.22. The number of ether oxygens (including phenoxy) is 1. The third kappa shape index (κ3) is 3.33. The molecule has 2 nitrogen and oxygen atoms in total. The molecular formula is C17H18ClNO. The van der Waals surface area contributed by atoms with Crippen molar-refractivity contribution in [2.75, 3.05) is 0 Å². The Morgan fingerprint density at radius 2 is 2.00 bits per heavy atom.